The summed E-state index contributed by atoms with van der Waals surface area (Å²) in [5, 5.41) is 8.78. The molecule has 1 unspecified atom stereocenters. The Morgan fingerprint density at radius 1 is 0.478 bits per heavy atom. The molecule has 0 aromatic rings. The number of aliphatic carboxylic acids is 1. The fourth-order valence-corrected chi connectivity index (χ4v) is 6.39. The van der Waals surface area contributed by atoms with Gasteiger partial charge in [-0.25, -0.2) is 0 Å². The van der Waals surface area contributed by atoms with E-state index in [1.165, 1.54) is 148 Å². The highest BCUT2D eigenvalue weighted by molar-refractivity contribution is 5.69. The third-order valence-corrected chi connectivity index (χ3v) is 9.47. The lowest BCUT2D eigenvalue weighted by molar-refractivity contribution is -0.147. The minimum atomic E-state index is -0.696. The van der Waals surface area contributed by atoms with Crippen LogP contribution in [0.25, 0.3) is 0 Å². The normalized spacial score (nSPS) is 12.2. The third kappa shape index (κ3) is 37.1. The van der Waals surface area contributed by atoms with E-state index in [0.717, 1.165) is 64.2 Å². The van der Waals surface area contributed by atoms with Crippen molar-refractivity contribution in [1.29, 1.82) is 0 Å². The number of ether oxygens (including phenoxy) is 1. The summed E-state index contributed by atoms with van der Waals surface area (Å²) in [5.74, 6) is -0.728. The number of allylic oxidation sites excluding steroid dienone is 1. The SMILES string of the molecule is CCCCCCCCC/C=C\C(CCCCCCCCC(=O)O)OC(=O)CCCCCCCCCCCCCCCCCCCC. The van der Waals surface area contributed by atoms with E-state index < -0.39 is 5.97 Å². The number of esters is 1. The zero-order valence-electron chi connectivity index (χ0n) is 31.2. The number of carbonyl (C=O) groups is 2. The summed E-state index contributed by atoms with van der Waals surface area (Å²) in [6.07, 6.45) is 46.8. The van der Waals surface area contributed by atoms with Gasteiger partial charge < -0.3 is 9.84 Å². The Labute approximate surface area is 287 Å². The quantitative estimate of drug-likeness (QED) is 0.0411. The molecule has 4 heteroatoms. The molecule has 46 heavy (non-hydrogen) atoms. The van der Waals surface area contributed by atoms with Crippen molar-refractivity contribution < 1.29 is 19.4 Å². The van der Waals surface area contributed by atoms with Gasteiger partial charge in [-0.3, -0.25) is 9.59 Å². The molecule has 0 aliphatic carbocycles. The van der Waals surface area contributed by atoms with Gasteiger partial charge >= 0.3 is 11.9 Å². The lowest BCUT2D eigenvalue weighted by atomic mass is 10.0. The molecular formula is C42H80O4. The van der Waals surface area contributed by atoms with Crippen molar-refractivity contribution in [2.75, 3.05) is 0 Å². The van der Waals surface area contributed by atoms with Crippen molar-refractivity contribution in [2.24, 2.45) is 0 Å². The second-order valence-electron chi connectivity index (χ2n) is 14.2. The second-order valence-corrected chi connectivity index (χ2v) is 14.2. The third-order valence-electron chi connectivity index (χ3n) is 9.47. The molecule has 0 aromatic carbocycles. The van der Waals surface area contributed by atoms with Gasteiger partial charge in [0.15, 0.2) is 0 Å². The van der Waals surface area contributed by atoms with Crippen LogP contribution in [0.4, 0.5) is 0 Å². The first-order chi connectivity index (χ1) is 22.6. The summed E-state index contributed by atoms with van der Waals surface area (Å²) in [6, 6.07) is 0. The van der Waals surface area contributed by atoms with Crippen LogP contribution in [0.15, 0.2) is 12.2 Å². The molecule has 0 saturated heterocycles. The number of hydrogen-bond acceptors (Lipinski definition) is 3. The van der Waals surface area contributed by atoms with Gasteiger partial charge in [0.2, 0.25) is 0 Å². The highest BCUT2D eigenvalue weighted by atomic mass is 16.5. The van der Waals surface area contributed by atoms with E-state index >= 15 is 0 Å². The van der Waals surface area contributed by atoms with Crippen LogP contribution in [0, 0.1) is 0 Å². The number of carboxylic acids is 1. The Morgan fingerprint density at radius 3 is 1.24 bits per heavy atom. The summed E-state index contributed by atoms with van der Waals surface area (Å²) in [6.45, 7) is 4.55. The summed E-state index contributed by atoms with van der Waals surface area (Å²) in [5.41, 5.74) is 0. The Hall–Kier alpha value is -1.32. The number of rotatable bonds is 38. The topological polar surface area (TPSA) is 63.6 Å². The van der Waals surface area contributed by atoms with E-state index in [9.17, 15) is 9.59 Å². The maximum atomic E-state index is 12.6. The molecule has 0 spiro atoms. The van der Waals surface area contributed by atoms with Crippen LogP contribution in [-0.2, 0) is 14.3 Å². The van der Waals surface area contributed by atoms with Crippen LogP contribution < -0.4 is 0 Å². The number of hydrogen-bond donors (Lipinski definition) is 1. The molecule has 0 bridgehead atoms. The maximum Gasteiger partial charge on any atom is 0.306 e. The predicted octanol–water partition coefficient (Wildman–Crippen LogP) is 14.2. The fourth-order valence-electron chi connectivity index (χ4n) is 6.39. The Bertz CT molecular complexity index is 658. The van der Waals surface area contributed by atoms with Gasteiger partial charge in [0.05, 0.1) is 0 Å². The molecule has 0 radical (unpaired) electrons. The second kappa shape index (κ2) is 38.1. The van der Waals surface area contributed by atoms with Crippen LogP contribution in [0.1, 0.15) is 239 Å². The van der Waals surface area contributed by atoms with Crippen LogP contribution in [0.5, 0.6) is 0 Å². The van der Waals surface area contributed by atoms with Gasteiger partial charge in [-0.15, -0.1) is 0 Å². The molecule has 0 heterocycles. The number of carbonyl (C=O) groups excluding carboxylic acids is 1. The van der Waals surface area contributed by atoms with E-state index in [1.54, 1.807) is 0 Å². The first kappa shape index (κ1) is 44.7. The summed E-state index contributed by atoms with van der Waals surface area (Å²) in [7, 11) is 0. The van der Waals surface area contributed by atoms with Gasteiger partial charge in [0, 0.05) is 12.8 Å². The van der Waals surface area contributed by atoms with Gasteiger partial charge in [-0.1, -0.05) is 193 Å². The van der Waals surface area contributed by atoms with E-state index in [2.05, 4.69) is 26.0 Å². The van der Waals surface area contributed by atoms with E-state index in [4.69, 9.17) is 9.84 Å². The van der Waals surface area contributed by atoms with E-state index in [0.29, 0.717) is 6.42 Å². The Balaban J connectivity index is 3.95. The van der Waals surface area contributed by atoms with Crippen molar-refractivity contribution in [3.63, 3.8) is 0 Å². The number of unbranched alkanes of at least 4 members (excludes halogenated alkanes) is 29. The maximum absolute atomic E-state index is 12.6. The smallest absolute Gasteiger partial charge is 0.306 e. The molecule has 1 atom stereocenters. The zero-order valence-corrected chi connectivity index (χ0v) is 31.2. The Kier molecular flexibility index (Phi) is 37.0. The van der Waals surface area contributed by atoms with E-state index in [-0.39, 0.29) is 18.5 Å². The lowest BCUT2D eigenvalue weighted by Crippen LogP contribution is -2.16. The largest absolute Gasteiger partial charge is 0.481 e. The minimum absolute atomic E-state index is 0.0317. The summed E-state index contributed by atoms with van der Waals surface area (Å²) in [4.78, 5) is 23.3. The molecule has 0 aromatic heterocycles. The van der Waals surface area contributed by atoms with Gasteiger partial charge in [0.1, 0.15) is 6.10 Å². The van der Waals surface area contributed by atoms with Crippen LogP contribution in [-0.4, -0.2) is 23.1 Å². The van der Waals surface area contributed by atoms with Crippen molar-refractivity contribution >= 4 is 11.9 Å². The average Bonchev–Trinajstić information content (AvgIpc) is 3.04. The lowest BCUT2D eigenvalue weighted by Gasteiger charge is -2.15. The van der Waals surface area contributed by atoms with Gasteiger partial charge in [-0.05, 0) is 44.6 Å². The molecule has 0 rings (SSSR count). The standard InChI is InChI=1S/C42H80O4/c1-3-5-7-9-11-13-14-15-16-17-18-19-20-21-23-25-31-35-39-42(45)46-40(36-32-28-24-22-12-10-8-6-4-2)37-33-29-26-27-30-34-38-41(43)44/h32,36,40H,3-31,33-35,37-39H2,1-2H3,(H,43,44)/b36-32-. The highest BCUT2D eigenvalue weighted by Gasteiger charge is 2.11. The molecule has 1 N–H and O–H groups in total. The van der Waals surface area contributed by atoms with Crippen molar-refractivity contribution in [1.82, 2.24) is 0 Å². The molecule has 4 nitrogen and oxygen atoms in total. The summed E-state index contributed by atoms with van der Waals surface area (Å²) >= 11 is 0. The van der Waals surface area contributed by atoms with Gasteiger partial charge in [0.25, 0.3) is 0 Å². The van der Waals surface area contributed by atoms with Gasteiger partial charge in [-0.2, -0.15) is 0 Å². The van der Waals surface area contributed by atoms with Crippen molar-refractivity contribution in [3.8, 4) is 0 Å². The fraction of sp³-hybridized carbons (Fsp3) is 0.905. The molecular weight excluding hydrogens is 568 g/mol. The van der Waals surface area contributed by atoms with Crippen molar-refractivity contribution in [2.45, 2.75) is 245 Å². The number of carboxylic acid groups (broad SMARTS) is 1. The molecule has 0 saturated carbocycles. The molecule has 0 amide bonds. The first-order valence-electron chi connectivity index (χ1n) is 20.7. The predicted molar refractivity (Wildman–Crippen MR) is 200 cm³/mol. The van der Waals surface area contributed by atoms with E-state index in [1.807, 2.05) is 0 Å². The minimum Gasteiger partial charge on any atom is -0.481 e. The average molecular weight is 649 g/mol. The van der Waals surface area contributed by atoms with Crippen LogP contribution in [0.3, 0.4) is 0 Å². The van der Waals surface area contributed by atoms with Crippen molar-refractivity contribution in [3.05, 3.63) is 12.2 Å². The zero-order chi connectivity index (χ0) is 33.6. The molecule has 0 fully saturated rings. The van der Waals surface area contributed by atoms with Crippen LogP contribution >= 0.6 is 0 Å². The highest BCUT2D eigenvalue weighted by Crippen LogP contribution is 2.17. The monoisotopic (exact) mass is 649 g/mol. The van der Waals surface area contributed by atoms with Crippen LogP contribution in [0.2, 0.25) is 0 Å². The Morgan fingerprint density at radius 2 is 0.826 bits per heavy atom. The molecule has 0 aliphatic rings. The molecule has 272 valence electrons. The summed E-state index contributed by atoms with van der Waals surface area (Å²) < 4.78 is 5.94. The molecule has 0 aliphatic heterocycles. The first-order valence-corrected chi connectivity index (χ1v) is 20.7.